The van der Waals surface area contributed by atoms with Crippen LogP contribution >= 0.6 is 27.7 Å². The fourth-order valence-electron chi connectivity index (χ4n) is 2.42. The highest BCUT2D eigenvalue weighted by atomic mass is 79.9. The van der Waals surface area contributed by atoms with Gasteiger partial charge in [-0.1, -0.05) is 58.0 Å². The second-order valence-corrected chi connectivity index (χ2v) is 7.04. The molecule has 2 heterocycles. The average molecular weight is 399 g/mol. The highest BCUT2D eigenvalue weighted by Crippen LogP contribution is 2.23. The molecule has 0 unspecified atom stereocenters. The molecule has 0 radical (unpaired) electrons. The summed E-state index contributed by atoms with van der Waals surface area (Å²) in [7, 11) is 0. The van der Waals surface area contributed by atoms with Crippen molar-refractivity contribution in [2.75, 3.05) is 5.75 Å². The minimum atomic E-state index is 0.0350. The van der Waals surface area contributed by atoms with Gasteiger partial charge in [-0.05, 0) is 18.2 Å². The number of para-hydroxylation sites is 1. The molecule has 2 aromatic carbocycles. The Morgan fingerprint density at radius 1 is 1.08 bits per heavy atom. The molecule has 0 amide bonds. The fraction of sp³-hybridized carbons (Fsp3) is 0.0588. The number of aromatic amines is 1. The first-order valence-corrected chi connectivity index (χ1v) is 9.01. The van der Waals surface area contributed by atoms with Gasteiger partial charge in [0.15, 0.2) is 11.4 Å². The summed E-state index contributed by atoms with van der Waals surface area (Å²) in [5, 5.41) is 9.86. The number of rotatable bonds is 4. The molecule has 4 aromatic rings. The topological polar surface area (TPSA) is 71.5 Å². The van der Waals surface area contributed by atoms with Crippen LogP contribution in [0.4, 0.5) is 0 Å². The number of carbonyl (C=O) groups excluding carboxylic acids is 1. The molecular formula is C17H11BrN4OS. The van der Waals surface area contributed by atoms with Crippen LogP contribution in [0.2, 0.25) is 0 Å². The molecule has 5 nitrogen and oxygen atoms in total. The van der Waals surface area contributed by atoms with E-state index in [9.17, 15) is 4.79 Å². The van der Waals surface area contributed by atoms with E-state index in [1.54, 1.807) is 12.1 Å². The number of benzene rings is 2. The van der Waals surface area contributed by atoms with Crippen molar-refractivity contribution in [3.05, 3.63) is 58.6 Å². The van der Waals surface area contributed by atoms with Crippen molar-refractivity contribution in [2.24, 2.45) is 0 Å². The lowest BCUT2D eigenvalue weighted by molar-refractivity contribution is 0.102. The Labute approximate surface area is 150 Å². The maximum absolute atomic E-state index is 12.2. The Bertz CT molecular complexity index is 1050. The molecule has 0 saturated carbocycles. The van der Waals surface area contributed by atoms with E-state index in [0.29, 0.717) is 16.4 Å². The Morgan fingerprint density at radius 3 is 2.71 bits per heavy atom. The molecule has 0 fully saturated rings. The zero-order chi connectivity index (χ0) is 16.5. The number of hydrogen-bond donors (Lipinski definition) is 1. The van der Waals surface area contributed by atoms with Crippen molar-refractivity contribution in [1.82, 2.24) is 20.2 Å². The van der Waals surface area contributed by atoms with E-state index < -0.39 is 0 Å². The van der Waals surface area contributed by atoms with Crippen molar-refractivity contribution in [3.63, 3.8) is 0 Å². The lowest BCUT2D eigenvalue weighted by Gasteiger charge is -2.00. The molecule has 118 valence electrons. The zero-order valence-electron chi connectivity index (χ0n) is 12.4. The number of thioether (sulfide) groups is 1. The third-order valence-corrected chi connectivity index (χ3v) is 4.97. The first-order chi connectivity index (χ1) is 11.7. The van der Waals surface area contributed by atoms with E-state index in [-0.39, 0.29) is 11.5 Å². The summed E-state index contributed by atoms with van der Waals surface area (Å²) in [5.41, 5.74) is 3.08. The Morgan fingerprint density at radius 2 is 1.88 bits per heavy atom. The first-order valence-electron chi connectivity index (χ1n) is 7.23. The predicted octanol–water partition coefficient (Wildman–Crippen LogP) is 4.24. The number of hydrogen-bond acceptors (Lipinski definition) is 5. The minimum absolute atomic E-state index is 0.0350. The molecule has 7 heteroatoms. The molecule has 0 spiro atoms. The van der Waals surface area contributed by atoms with Crippen molar-refractivity contribution in [1.29, 1.82) is 0 Å². The number of carbonyl (C=O) groups is 1. The van der Waals surface area contributed by atoms with E-state index >= 15 is 0 Å². The molecule has 1 N–H and O–H groups in total. The Balaban J connectivity index is 1.55. The van der Waals surface area contributed by atoms with Gasteiger partial charge in [0, 0.05) is 20.9 Å². The lowest BCUT2D eigenvalue weighted by Crippen LogP contribution is -2.03. The average Bonchev–Trinajstić information content (AvgIpc) is 2.98. The van der Waals surface area contributed by atoms with Crippen LogP contribution < -0.4 is 0 Å². The largest absolute Gasteiger partial charge is 0.338 e. The molecule has 24 heavy (non-hydrogen) atoms. The number of ketones is 1. The minimum Gasteiger partial charge on any atom is -0.338 e. The number of Topliss-reactive ketones (excluding diaryl/α,β-unsaturated/α-hetero) is 1. The molecule has 0 saturated heterocycles. The van der Waals surface area contributed by atoms with Crippen LogP contribution in [0.15, 0.2) is 58.2 Å². The quantitative estimate of drug-likeness (QED) is 0.411. The maximum atomic E-state index is 12.2. The third kappa shape index (κ3) is 2.92. The van der Waals surface area contributed by atoms with E-state index in [0.717, 1.165) is 20.9 Å². The van der Waals surface area contributed by atoms with Crippen LogP contribution in [0.3, 0.4) is 0 Å². The molecule has 4 rings (SSSR count). The van der Waals surface area contributed by atoms with Gasteiger partial charge in [0.25, 0.3) is 0 Å². The number of H-pyrrole nitrogens is 1. The lowest BCUT2D eigenvalue weighted by atomic mass is 10.2. The third-order valence-electron chi connectivity index (χ3n) is 3.60. The smallest absolute Gasteiger partial charge is 0.211 e. The van der Waals surface area contributed by atoms with Crippen LogP contribution in [0.5, 0.6) is 0 Å². The van der Waals surface area contributed by atoms with Crippen molar-refractivity contribution in [3.8, 4) is 0 Å². The molecule has 0 atom stereocenters. The summed E-state index contributed by atoms with van der Waals surface area (Å²) in [4.78, 5) is 19.9. The maximum Gasteiger partial charge on any atom is 0.211 e. The van der Waals surface area contributed by atoms with Gasteiger partial charge in [-0.25, -0.2) is 4.98 Å². The summed E-state index contributed by atoms with van der Waals surface area (Å²) in [6.45, 7) is 0. The van der Waals surface area contributed by atoms with Gasteiger partial charge in [0.2, 0.25) is 5.16 Å². The highest BCUT2D eigenvalue weighted by molar-refractivity contribution is 9.10. The molecule has 0 bridgehead atoms. The monoisotopic (exact) mass is 398 g/mol. The molecule has 0 aliphatic rings. The summed E-state index contributed by atoms with van der Waals surface area (Å²) in [5.74, 6) is 0.308. The summed E-state index contributed by atoms with van der Waals surface area (Å²) in [6, 6.07) is 15.2. The molecule has 2 aromatic heterocycles. The van der Waals surface area contributed by atoms with E-state index in [2.05, 4.69) is 36.1 Å². The summed E-state index contributed by atoms with van der Waals surface area (Å²) >= 11 is 4.65. The van der Waals surface area contributed by atoms with Crippen LogP contribution in [0.25, 0.3) is 22.1 Å². The van der Waals surface area contributed by atoms with Crippen molar-refractivity contribution in [2.45, 2.75) is 5.16 Å². The SMILES string of the molecule is O=C(CSc1nnc2c(n1)[nH]c1ccccc12)c1ccc(Br)cc1. The number of fused-ring (bicyclic) bond motifs is 3. The van der Waals surface area contributed by atoms with Crippen LogP contribution in [0, 0.1) is 0 Å². The van der Waals surface area contributed by atoms with Crippen molar-refractivity contribution < 1.29 is 4.79 Å². The van der Waals surface area contributed by atoms with E-state index in [4.69, 9.17) is 0 Å². The van der Waals surface area contributed by atoms with E-state index in [1.165, 1.54) is 11.8 Å². The van der Waals surface area contributed by atoms with E-state index in [1.807, 2.05) is 36.4 Å². The van der Waals surface area contributed by atoms with Crippen LogP contribution in [-0.4, -0.2) is 31.7 Å². The highest BCUT2D eigenvalue weighted by Gasteiger charge is 2.11. The summed E-state index contributed by atoms with van der Waals surface area (Å²) < 4.78 is 0.948. The summed E-state index contributed by atoms with van der Waals surface area (Å²) in [6.07, 6.45) is 0. The predicted molar refractivity (Wildman–Crippen MR) is 98.4 cm³/mol. The van der Waals surface area contributed by atoms with Crippen LogP contribution in [0.1, 0.15) is 10.4 Å². The number of halogens is 1. The number of aromatic nitrogens is 4. The second-order valence-electron chi connectivity index (χ2n) is 5.18. The van der Waals surface area contributed by atoms with Gasteiger partial charge in [-0.3, -0.25) is 4.79 Å². The van der Waals surface area contributed by atoms with Gasteiger partial charge in [-0.2, -0.15) is 0 Å². The normalized spacial score (nSPS) is 11.2. The number of nitrogens with one attached hydrogen (secondary N) is 1. The van der Waals surface area contributed by atoms with Gasteiger partial charge >= 0.3 is 0 Å². The second kappa shape index (κ2) is 6.33. The van der Waals surface area contributed by atoms with Crippen molar-refractivity contribution >= 4 is 55.5 Å². The van der Waals surface area contributed by atoms with Gasteiger partial charge in [-0.15, -0.1) is 10.2 Å². The zero-order valence-corrected chi connectivity index (χ0v) is 14.8. The van der Waals surface area contributed by atoms with Gasteiger partial charge in [0.05, 0.1) is 5.75 Å². The standard InChI is InChI=1S/C17H11BrN4OS/c18-11-7-5-10(6-8-11)14(23)9-24-17-20-16-15(21-22-17)12-3-1-2-4-13(12)19-16/h1-8H,9H2,(H,19,20,22). The van der Waals surface area contributed by atoms with Gasteiger partial charge in [0.1, 0.15) is 5.52 Å². The van der Waals surface area contributed by atoms with Gasteiger partial charge < -0.3 is 4.98 Å². The Kier molecular flexibility index (Phi) is 4.03. The molecule has 0 aliphatic heterocycles. The molecule has 0 aliphatic carbocycles. The Hall–Kier alpha value is -2.25. The van der Waals surface area contributed by atoms with Crippen LogP contribution in [-0.2, 0) is 0 Å². The number of nitrogens with zero attached hydrogens (tertiary/aromatic N) is 3. The molecular weight excluding hydrogens is 388 g/mol. The fourth-order valence-corrected chi connectivity index (χ4v) is 3.36. The first kappa shape index (κ1) is 15.3.